The molecule has 3 rings (SSSR count). The molecule has 6 nitrogen and oxygen atoms in total. The van der Waals surface area contributed by atoms with Gasteiger partial charge in [-0.25, -0.2) is 0 Å². The van der Waals surface area contributed by atoms with Crippen LogP contribution in [0.15, 0.2) is 115 Å². The summed E-state index contributed by atoms with van der Waals surface area (Å²) in [6.07, 6.45) is 16.2. The summed E-state index contributed by atoms with van der Waals surface area (Å²) in [6.45, 7) is 24.9. The molecule has 2 aliphatic carbocycles. The Morgan fingerprint density at radius 2 is 1.58 bits per heavy atom. The summed E-state index contributed by atoms with van der Waals surface area (Å²) in [7, 11) is 0. The van der Waals surface area contributed by atoms with Gasteiger partial charge < -0.3 is 28.8 Å². The molecule has 0 fully saturated rings. The molecule has 8 atom stereocenters. The van der Waals surface area contributed by atoms with E-state index in [0.717, 1.165) is 11.3 Å². The lowest BCUT2D eigenvalue weighted by molar-refractivity contribution is -0.123. The molecule has 1 aromatic carbocycles. The van der Waals surface area contributed by atoms with Crippen molar-refractivity contribution in [1.82, 2.24) is 0 Å². The minimum atomic E-state index is -0.385. The van der Waals surface area contributed by atoms with Crippen LogP contribution < -0.4 is 0 Å². The van der Waals surface area contributed by atoms with Gasteiger partial charge in [0, 0.05) is 16.9 Å². The van der Waals surface area contributed by atoms with Gasteiger partial charge in [-0.15, -0.1) is 13.2 Å². The van der Waals surface area contributed by atoms with Crippen molar-refractivity contribution in [3.8, 4) is 0 Å². The van der Waals surface area contributed by atoms with Crippen LogP contribution >= 0.6 is 0 Å². The summed E-state index contributed by atoms with van der Waals surface area (Å²) < 4.78 is 30.7. The minimum absolute atomic E-state index is 0.0918. The third-order valence-electron chi connectivity index (χ3n) is 9.52. The molecule has 0 bridgehead atoms. The molecule has 0 saturated carbocycles. The van der Waals surface area contributed by atoms with Crippen LogP contribution in [0.3, 0.4) is 0 Å². The predicted molar refractivity (Wildman–Crippen MR) is 197 cm³/mol. The molecule has 0 aromatic heterocycles. The lowest BCUT2D eigenvalue weighted by Crippen LogP contribution is -2.35. The Morgan fingerprint density at radius 1 is 0.917 bits per heavy atom. The van der Waals surface area contributed by atoms with Gasteiger partial charge in [0.25, 0.3) is 0 Å². The number of hydrogen-bond acceptors (Lipinski definition) is 6. The number of ether oxygens (including phenoxy) is 5. The van der Waals surface area contributed by atoms with Crippen LogP contribution in [0, 0.1) is 23.2 Å². The zero-order valence-electron chi connectivity index (χ0n) is 30.4. The van der Waals surface area contributed by atoms with E-state index >= 15 is 0 Å². The molecule has 2 aliphatic rings. The Hall–Kier alpha value is -3.00. The van der Waals surface area contributed by atoms with E-state index in [-0.39, 0.29) is 55.4 Å². The third-order valence-corrected chi connectivity index (χ3v) is 9.52. The molecule has 8 unspecified atom stereocenters. The van der Waals surface area contributed by atoms with E-state index in [0.29, 0.717) is 38.3 Å². The first-order chi connectivity index (χ1) is 23.0. The van der Waals surface area contributed by atoms with Crippen molar-refractivity contribution in [3.63, 3.8) is 0 Å². The maximum Gasteiger partial charge on any atom is 0.120 e. The van der Waals surface area contributed by atoms with Crippen LogP contribution in [0.5, 0.6) is 0 Å². The van der Waals surface area contributed by atoms with E-state index in [4.69, 9.17) is 23.7 Å². The fourth-order valence-electron chi connectivity index (χ4n) is 6.36. The number of rotatable bonds is 21. The van der Waals surface area contributed by atoms with E-state index in [1.165, 1.54) is 16.7 Å². The topological polar surface area (TPSA) is 66.4 Å². The molecule has 1 aromatic rings. The molecule has 264 valence electrons. The maximum atomic E-state index is 9.59. The van der Waals surface area contributed by atoms with Crippen LogP contribution in [-0.4, -0.2) is 69.7 Å². The van der Waals surface area contributed by atoms with Crippen molar-refractivity contribution >= 4 is 0 Å². The van der Waals surface area contributed by atoms with Crippen molar-refractivity contribution in [3.05, 3.63) is 120 Å². The molecule has 0 saturated heterocycles. The Morgan fingerprint density at radius 3 is 2.23 bits per heavy atom. The number of allylic oxidation sites excluding steroid dienone is 9. The zero-order chi connectivity index (χ0) is 35.1. The van der Waals surface area contributed by atoms with Crippen molar-refractivity contribution in [2.75, 3.05) is 46.2 Å². The van der Waals surface area contributed by atoms with Gasteiger partial charge in [0.15, 0.2) is 0 Å². The van der Waals surface area contributed by atoms with E-state index in [1.807, 2.05) is 13.0 Å². The monoisotopic (exact) mass is 660 g/mol. The Labute approximate surface area is 290 Å². The average molecular weight is 661 g/mol. The van der Waals surface area contributed by atoms with E-state index in [1.54, 1.807) is 12.2 Å². The van der Waals surface area contributed by atoms with E-state index in [9.17, 15) is 5.11 Å². The highest BCUT2D eigenvalue weighted by Crippen LogP contribution is 2.45. The number of benzene rings is 1. The van der Waals surface area contributed by atoms with Crippen molar-refractivity contribution in [2.24, 2.45) is 23.2 Å². The first kappa shape index (κ1) is 39.4. The minimum Gasteiger partial charge on any atom is -0.491 e. The summed E-state index contributed by atoms with van der Waals surface area (Å²) in [5.74, 6) is 2.00. The second kappa shape index (κ2) is 19.9. The van der Waals surface area contributed by atoms with Gasteiger partial charge in [0.1, 0.15) is 24.6 Å². The summed E-state index contributed by atoms with van der Waals surface area (Å²) in [6, 6.07) is 10.5. The second-order valence-electron chi connectivity index (χ2n) is 13.5. The smallest absolute Gasteiger partial charge is 0.120 e. The first-order valence-electron chi connectivity index (χ1n) is 17.5. The molecule has 0 radical (unpaired) electrons. The molecular formula is C42H60O6. The fourth-order valence-corrected chi connectivity index (χ4v) is 6.36. The van der Waals surface area contributed by atoms with E-state index in [2.05, 4.69) is 115 Å². The van der Waals surface area contributed by atoms with Gasteiger partial charge in [0.05, 0.1) is 45.7 Å². The molecule has 0 amide bonds. The molecule has 0 heterocycles. The molecule has 1 N–H and O–H groups in total. The first-order valence-corrected chi connectivity index (χ1v) is 17.5. The highest BCUT2D eigenvalue weighted by Gasteiger charge is 2.35. The molecule has 48 heavy (non-hydrogen) atoms. The number of aliphatic hydroxyl groups is 1. The van der Waals surface area contributed by atoms with Gasteiger partial charge in [-0.3, -0.25) is 0 Å². The normalized spacial score (nSPS) is 24.2. The van der Waals surface area contributed by atoms with Gasteiger partial charge in [-0.2, -0.15) is 0 Å². The standard InChI is InChI=1S/C42H60O6/c1-10-20-44-26-37(46-29-38(27-45-21-11-2)48-32(5)25-43)28-47-41-24-42(9,35(8)40-23-30(3)22-31(4)33(40)6)19-15-18-39(41)34(7)36-16-13-12-14-17-36/h10-19,22-24,30,32-35,37-38,43H,1-2,20-21,25-29H2,3-9H3. The van der Waals surface area contributed by atoms with Crippen molar-refractivity contribution in [1.29, 1.82) is 0 Å². The molecule has 0 spiro atoms. The summed E-state index contributed by atoms with van der Waals surface area (Å²) >= 11 is 0. The largest absolute Gasteiger partial charge is 0.491 e. The average Bonchev–Trinajstić information content (AvgIpc) is 3.25. The lowest BCUT2D eigenvalue weighted by atomic mass is 9.67. The highest BCUT2D eigenvalue weighted by molar-refractivity contribution is 5.45. The van der Waals surface area contributed by atoms with Crippen LogP contribution in [0.2, 0.25) is 0 Å². The van der Waals surface area contributed by atoms with Gasteiger partial charge in [-0.1, -0.05) is 119 Å². The van der Waals surface area contributed by atoms with Gasteiger partial charge in [0.2, 0.25) is 0 Å². The van der Waals surface area contributed by atoms with Gasteiger partial charge >= 0.3 is 0 Å². The fraction of sp³-hybridized carbons (Fsp3) is 0.524. The third kappa shape index (κ3) is 11.6. The van der Waals surface area contributed by atoms with Crippen LogP contribution in [0.1, 0.15) is 59.9 Å². The van der Waals surface area contributed by atoms with Crippen molar-refractivity contribution < 1.29 is 28.8 Å². The Bertz CT molecular complexity index is 1310. The van der Waals surface area contributed by atoms with Crippen LogP contribution in [0.25, 0.3) is 0 Å². The summed E-state index contributed by atoms with van der Waals surface area (Å²) in [5.41, 5.74) is 4.94. The zero-order valence-corrected chi connectivity index (χ0v) is 30.4. The quantitative estimate of drug-likeness (QED) is 0.105. The highest BCUT2D eigenvalue weighted by atomic mass is 16.6. The van der Waals surface area contributed by atoms with Crippen molar-refractivity contribution in [2.45, 2.75) is 72.7 Å². The molecule has 6 heteroatoms. The Balaban J connectivity index is 1.92. The lowest BCUT2D eigenvalue weighted by Gasteiger charge is -2.37. The summed E-state index contributed by atoms with van der Waals surface area (Å²) in [4.78, 5) is 0. The molecular weight excluding hydrogens is 600 g/mol. The maximum absolute atomic E-state index is 9.59. The number of hydrogen-bond donors (Lipinski definition) is 1. The predicted octanol–water partition coefficient (Wildman–Crippen LogP) is 8.54. The molecule has 0 aliphatic heterocycles. The van der Waals surface area contributed by atoms with Crippen LogP contribution in [0.4, 0.5) is 0 Å². The SMILES string of the molecule is C=CCOCC(COC1=CC(C)(C(C)C2=CC(C)C=C(C)C2C)C=CC=C1C(C)c1ccccc1)OCC(COCC=C)OC(C)CO. The van der Waals surface area contributed by atoms with E-state index < -0.39 is 0 Å². The Kier molecular flexibility index (Phi) is 16.3. The van der Waals surface area contributed by atoms with Gasteiger partial charge in [-0.05, 0) is 43.2 Å². The second-order valence-corrected chi connectivity index (χ2v) is 13.5. The summed E-state index contributed by atoms with van der Waals surface area (Å²) in [5, 5.41) is 9.59. The van der Waals surface area contributed by atoms with Crippen LogP contribution in [-0.2, 0) is 23.7 Å². The number of aliphatic hydroxyl groups excluding tert-OH is 1.